The highest BCUT2D eigenvalue weighted by atomic mass is 32.2. The molecule has 1 aliphatic rings. The van der Waals surface area contributed by atoms with Crippen LogP contribution in [0.3, 0.4) is 0 Å². The molecule has 0 spiro atoms. The summed E-state index contributed by atoms with van der Waals surface area (Å²) in [5.41, 5.74) is 3.44. The fourth-order valence-corrected chi connectivity index (χ4v) is 7.29. The van der Waals surface area contributed by atoms with Crippen molar-refractivity contribution in [3.63, 3.8) is 0 Å². The first-order chi connectivity index (χ1) is 16.3. The smallest absolute Gasteiger partial charge is 0.266 e. The largest absolute Gasteiger partial charge is 0.497 e. The Bertz CT molecular complexity index is 1370. The third-order valence-corrected chi connectivity index (χ3v) is 9.73. The molecule has 4 rings (SSSR count). The predicted molar refractivity (Wildman–Crippen MR) is 138 cm³/mol. The van der Waals surface area contributed by atoms with E-state index in [1.54, 1.807) is 23.9 Å². The lowest BCUT2D eigenvalue weighted by Crippen LogP contribution is -2.40. The summed E-state index contributed by atoms with van der Waals surface area (Å²) in [6, 6.07) is 9.72. The Kier molecular flexibility index (Phi) is 7.51. The zero-order valence-corrected chi connectivity index (χ0v) is 22.2. The number of benzene rings is 2. The average Bonchev–Trinajstić information content (AvgIpc) is 3.44. The molecule has 1 aromatic heterocycles. The van der Waals surface area contributed by atoms with Gasteiger partial charge in [-0.1, -0.05) is 11.3 Å². The van der Waals surface area contributed by atoms with Gasteiger partial charge in [0.1, 0.15) is 11.8 Å². The van der Waals surface area contributed by atoms with Gasteiger partial charge in [0, 0.05) is 18.8 Å². The number of rotatable bonds is 7. The summed E-state index contributed by atoms with van der Waals surface area (Å²) >= 11 is 3.21. The molecule has 10 heteroatoms. The van der Waals surface area contributed by atoms with E-state index in [0.29, 0.717) is 29.9 Å². The van der Waals surface area contributed by atoms with Crippen LogP contribution >= 0.6 is 23.1 Å². The average molecular weight is 520 g/mol. The second-order valence-electron chi connectivity index (χ2n) is 8.33. The van der Waals surface area contributed by atoms with E-state index in [9.17, 15) is 13.2 Å². The van der Waals surface area contributed by atoms with Gasteiger partial charge in [-0.3, -0.25) is 4.79 Å². The van der Waals surface area contributed by atoms with Crippen molar-refractivity contribution in [1.82, 2.24) is 8.87 Å². The molecule has 1 atom stereocenters. The number of aromatic nitrogens is 1. The van der Waals surface area contributed by atoms with Gasteiger partial charge < -0.3 is 9.30 Å². The quantitative estimate of drug-likeness (QED) is 0.472. The first kappa shape index (κ1) is 25.0. The van der Waals surface area contributed by atoms with Gasteiger partial charge in [-0.2, -0.15) is 21.1 Å². The van der Waals surface area contributed by atoms with Crippen LogP contribution in [0.4, 0.5) is 0 Å². The molecule has 2 heterocycles. The van der Waals surface area contributed by atoms with E-state index < -0.39 is 22.0 Å². The maximum absolute atomic E-state index is 13.3. The van der Waals surface area contributed by atoms with E-state index in [0.717, 1.165) is 22.5 Å². The molecule has 0 bridgehead atoms. The topological polar surface area (TPSA) is 81.0 Å². The van der Waals surface area contributed by atoms with Crippen LogP contribution in [-0.2, 0) is 21.4 Å². The van der Waals surface area contributed by atoms with Crippen molar-refractivity contribution in [1.29, 1.82) is 0 Å². The third-order valence-electron chi connectivity index (χ3n) is 6.18. The van der Waals surface area contributed by atoms with Crippen molar-refractivity contribution in [2.24, 2.45) is 4.99 Å². The molecule has 0 saturated carbocycles. The third kappa shape index (κ3) is 4.82. The number of carbonyl (C=O) groups is 1. The molecule has 3 aromatic rings. The minimum Gasteiger partial charge on any atom is -0.497 e. The highest BCUT2D eigenvalue weighted by molar-refractivity contribution is 7.98. The van der Waals surface area contributed by atoms with Crippen molar-refractivity contribution < 1.29 is 17.9 Å². The molecular formula is C24H29N3O4S3. The van der Waals surface area contributed by atoms with Crippen LogP contribution in [0, 0.1) is 13.8 Å². The number of nitrogens with zero attached hydrogens (tertiary/aromatic N) is 3. The first-order valence-corrected chi connectivity index (χ1v) is 14.8. The van der Waals surface area contributed by atoms with Crippen molar-refractivity contribution in [2.75, 3.05) is 25.7 Å². The summed E-state index contributed by atoms with van der Waals surface area (Å²) in [4.78, 5) is 18.6. The number of ether oxygens (including phenoxy) is 1. The number of hydrogen-bond acceptors (Lipinski definition) is 6. The van der Waals surface area contributed by atoms with Crippen molar-refractivity contribution >= 4 is 49.2 Å². The minimum absolute atomic E-state index is 0.149. The fourth-order valence-electron chi connectivity index (χ4n) is 4.13. The molecule has 0 N–H and O–H groups in total. The Labute approximate surface area is 208 Å². The van der Waals surface area contributed by atoms with Gasteiger partial charge in [0.05, 0.1) is 22.2 Å². The fraction of sp³-hybridized carbons (Fsp3) is 0.417. The number of carbonyl (C=O) groups excluding carboxylic acids is 1. The number of sulfonamides is 1. The number of hydrogen-bond donors (Lipinski definition) is 0. The Morgan fingerprint density at radius 3 is 2.59 bits per heavy atom. The Morgan fingerprint density at radius 1 is 1.21 bits per heavy atom. The van der Waals surface area contributed by atoms with Gasteiger partial charge in [0.25, 0.3) is 5.91 Å². The van der Waals surface area contributed by atoms with E-state index in [1.165, 1.54) is 46.0 Å². The summed E-state index contributed by atoms with van der Waals surface area (Å²) in [6.45, 7) is 5.18. The molecule has 7 nitrogen and oxygen atoms in total. The van der Waals surface area contributed by atoms with E-state index in [4.69, 9.17) is 4.74 Å². The summed E-state index contributed by atoms with van der Waals surface area (Å²) < 4.78 is 36.2. The minimum atomic E-state index is -3.82. The highest BCUT2D eigenvalue weighted by Gasteiger charge is 2.39. The van der Waals surface area contributed by atoms with Crippen LogP contribution in [0.25, 0.3) is 10.2 Å². The van der Waals surface area contributed by atoms with E-state index in [2.05, 4.69) is 35.5 Å². The van der Waals surface area contributed by atoms with E-state index in [-0.39, 0.29) is 4.90 Å². The lowest BCUT2D eigenvalue weighted by atomic mass is 10.1. The molecule has 1 fully saturated rings. The molecule has 1 unspecified atom stereocenters. The summed E-state index contributed by atoms with van der Waals surface area (Å²) in [5.74, 6) is 1.06. The molecule has 182 valence electrons. The summed E-state index contributed by atoms with van der Waals surface area (Å²) in [6.07, 6.45) is 3.14. The monoisotopic (exact) mass is 519 g/mol. The van der Waals surface area contributed by atoms with Crippen LogP contribution < -0.4 is 9.54 Å². The maximum atomic E-state index is 13.3. The normalized spacial score (nSPS) is 17.5. The SMILES string of the molecule is COc1ccc(S(=O)(=O)N2CCCC2C(=O)N=c2sc3cc(C)c(C)cc3n2CCSC)cc1. The molecule has 0 aliphatic carbocycles. The number of aryl methyl sites for hydroxylation is 3. The number of fused-ring (bicyclic) bond motifs is 1. The molecule has 0 radical (unpaired) electrons. The number of thioether (sulfide) groups is 1. The van der Waals surface area contributed by atoms with Gasteiger partial charge in [-0.25, -0.2) is 8.42 Å². The zero-order valence-electron chi connectivity index (χ0n) is 19.8. The number of thiazole rings is 1. The standard InChI is InChI=1S/C24H29N3O4S3/c1-16-14-21-22(15-17(16)2)33-24(26(21)12-13-32-4)25-23(28)20-6-5-11-27(20)34(29,30)19-9-7-18(31-3)8-10-19/h7-10,14-15,20H,5-6,11-13H2,1-4H3. The number of amides is 1. The maximum Gasteiger partial charge on any atom is 0.266 e. The van der Waals surface area contributed by atoms with Gasteiger partial charge in [-0.15, -0.1) is 0 Å². The lowest BCUT2D eigenvalue weighted by Gasteiger charge is -2.21. The zero-order chi connectivity index (χ0) is 24.5. The van der Waals surface area contributed by atoms with Gasteiger partial charge in [0.2, 0.25) is 10.0 Å². The highest BCUT2D eigenvalue weighted by Crippen LogP contribution is 2.28. The first-order valence-electron chi connectivity index (χ1n) is 11.1. The Hall–Kier alpha value is -2.14. The van der Waals surface area contributed by atoms with Crippen LogP contribution in [0.1, 0.15) is 24.0 Å². The van der Waals surface area contributed by atoms with Gasteiger partial charge >= 0.3 is 0 Å². The Morgan fingerprint density at radius 2 is 1.91 bits per heavy atom. The van der Waals surface area contributed by atoms with E-state index in [1.807, 2.05) is 6.26 Å². The van der Waals surface area contributed by atoms with Crippen LogP contribution in [0.2, 0.25) is 0 Å². The van der Waals surface area contributed by atoms with Crippen LogP contribution in [0.15, 0.2) is 46.3 Å². The molecule has 1 saturated heterocycles. The van der Waals surface area contributed by atoms with Crippen LogP contribution in [0.5, 0.6) is 5.75 Å². The van der Waals surface area contributed by atoms with Gasteiger partial charge in [0.15, 0.2) is 4.80 Å². The molecular weight excluding hydrogens is 490 g/mol. The van der Waals surface area contributed by atoms with Crippen molar-refractivity contribution in [3.8, 4) is 5.75 Å². The van der Waals surface area contributed by atoms with Crippen molar-refractivity contribution in [3.05, 3.63) is 52.3 Å². The molecule has 1 amide bonds. The summed E-state index contributed by atoms with van der Waals surface area (Å²) in [7, 11) is -2.29. The Balaban J connectivity index is 1.71. The van der Waals surface area contributed by atoms with E-state index >= 15 is 0 Å². The second kappa shape index (κ2) is 10.2. The van der Waals surface area contributed by atoms with Crippen molar-refractivity contribution in [2.45, 2.75) is 44.2 Å². The van der Waals surface area contributed by atoms with Crippen LogP contribution in [-0.4, -0.2) is 54.9 Å². The molecule has 34 heavy (non-hydrogen) atoms. The van der Waals surface area contributed by atoms with Gasteiger partial charge in [-0.05, 0) is 80.5 Å². The number of methoxy groups -OCH3 is 1. The lowest BCUT2D eigenvalue weighted by molar-refractivity contribution is -0.121. The molecule has 2 aromatic carbocycles. The second-order valence-corrected chi connectivity index (χ2v) is 12.2. The predicted octanol–water partition coefficient (Wildman–Crippen LogP) is 3.97. The summed E-state index contributed by atoms with van der Waals surface area (Å²) in [5, 5.41) is 0. The molecule has 1 aliphatic heterocycles.